The van der Waals surface area contributed by atoms with Crippen molar-refractivity contribution in [2.75, 3.05) is 6.54 Å². The van der Waals surface area contributed by atoms with Crippen LogP contribution in [0.15, 0.2) is 24.3 Å². The number of hydrogen-bond acceptors (Lipinski definition) is 5. The monoisotopic (exact) mass is 561 g/mol. The summed E-state index contributed by atoms with van der Waals surface area (Å²) in [5, 5.41) is 16.1. The summed E-state index contributed by atoms with van der Waals surface area (Å²) in [6, 6.07) is 4.63. The van der Waals surface area contributed by atoms with Gasteiger partial charge >= 0.3 is 6.09 Å². The lowest BCUT2D eigenvalue weighted by atomic mass is 9.98. The van der Waals surface area contributed by atoms with Gasteiger partial charge in [-0.1, -0.05) is 78.4 Å². The SMILES string of the molecule is CCCCCCCCN(C(=O)C(CC(C)C)NC(=O)OC(C)(C)C)C(C(=O)NC(C)CCC)c1cccc(O)c1. The Morgan fingerprint density at radius 3 is 2.17 bits per heavy atom. The van der Waals surface area contributed by atoms with Gasteiger partial charge in [-0.3, -0.25) is 9.59 Å². The molecule has 3 atom stereocenters. The highest BCUT2D eigenvalue weighted by molar-refractivity contribution is 5.92. The molecular formula is C32H55N3O5. The van der Waals surface area contributed by atoms with Crippen LogP contribution >= 0.6 is 0 Å². The van der Waals surface area contributed by atoms with Crippen LogP contribution in [-0.4, -0.2) is 52.1 Å². The van der Waals surface area contributed by atoms with E-state index >= 15 is 0 Å². The summed E-state index contributed by atoms with van der Waals surface area (Å²) >= 11 is 0. The number of phenols is 1. The molecule has 3 N–H and O–H groups in total. The van der Waals surface area contributed by atoms with Gasteiger partial charge in [0.2, 0.25) is 11.8 Å². The fourth-order valence-electron chi connectivity index (χ4n) is 4.77. The molecule has 40 heavy (non-hydrogen) atoms. The number of hydrogen-bond donors (Lipinski definition) is 3. The van der Waals surface area contributed by atoms with Gasteiger partial charge in [0.25, 0.3) is 0 Å². The van der Waals surface area contributed by atoms with E-state index in [0.29, 0.717) is 18.5 Å². The van der Waals surface area contributed by atoms with E-state index in [4.69, 9.17) is 4.74 Å². The molecule has 0 aliphatic carbocycles. The van der Waals surface area contributed by atoms with Crippen molar-refractivity contribution < 1.29 is 24.2 Å². The zero-order valence-electron chi connectivity index (χ0n) is 26.2. The Balaban J connectivity index is 3.46. The van der Waals surface area contributed by atoms with Crippen LogP contribution in [0.5, 0.6) is 5.75 Å². The molecule has 1 aromatic rings. The van der Waals surface area contributed by atoms with E-state index in [2.05, 4.69) is 24.5 Å². The van der Waals surface area contributed by atoms with E-state index in [1.165, 1.54) is 12.5 Å². The van der Waals surface area contributed by atoms with Crippen LogP contribution in [0.3, 0.4) is 0 Å². The minimum atomic E-state index is -0.954. The summed E-state index contributed by atoms with van der Waals surface area (Å²) in [5.41, 5.74) is -0.186. The Hall–Kier alpha value is -2.77. The molecule has 8 nitrogen and oxygen atoms in total. The first-order valence-electron chi connectivity index (χ1n) is 15.2. The third kappa shape index (κ3) is 13.5. The van der Waals surface area contributed by atoms with Crippen molar-refractivity contribution in [1.82, 2.24) is 15.5 Å². The predicted octanol–water partition coefficient (Wildman–Crippen LogP) is 6.87. The van der Waals surface area contributed by atoms with Crippen LogP contribution in [0.4, 0.5) is 4.79 Å². The molecule has 0 spiro atoms. The number of nitrogens with one attached hydrogen (secondary N) is 2. The largest absolute Gasteiger partial charge is 0.508 e. The summed E-state index contributed by atoms with van der Waals surface area (Å²) in [5.74, 6) is -0.502. The molecule has 0 aliphatic rings. The molecule has 0 saturated heterocycles. The van der Waals surface area contributed by atoms with Gasteiger partial charge in [-0.05, 0) is 70.6 Å². The highest BCUT2D eigenvalue weighted by Gasteiger charge is 2.36. The van der Waals surface area contributed by atoms with Gasteiger partial charge in [0.1, 0.15) is 23.4 Å². The predicted molar refractivity (Wildman–Crippen MR) is 161 cm³/mol. The molecular weight excluding hydrogens is 506 g/mol. The quantitative estimate of drug-likeness (QED) is 0.180. The van der Waals surface area contributed by atoms with E-state index in [1.54, 1.807) is 43.9 Å². The number of amides is 3. The van der Waals surface area contributed by atoms with Crippen molar-refractivity contribution in [3.05, 3.63) is 29.8 Å². The lowest BCUT2D eigenvalue weighted by Gasteiger charge is -2.35. The molecule has 0 radical (unpaired) electrons. The molecule has 0 aromatic heterocycles. The fraction of sp³-hybridized carbons (Fsp3) is 0.719. The molecule has 1 aromatic carbocycles. The number of aromatic hydroxyl groups is 1. The lowest BCUT2D eigenvalue weighted by Crippen LogP contribution is -2.54. The fourth-order valence-corrected chi connectivity index (χ4v) is 4.77. The highest BCUT2D eigenvalue weighted by Crippen LogP contribution is 2.27. The van der Waals surface area contributed by atoms with Crippen LogP contribution in [0.1, 0.15) is 125 Å². The number of phenolic OH excluding ortho intramolecular Hbond substituents is 1. The van der Waals surface area contributed by atoms with Gasteiger partial charge < -0.3 is 25.4 Å². The Labute approximate surface area is 242 Å². The number of unbranched alkanes of at least 4 members (excludes halogenated alkanes) is 5. The molecule has 0 fully saturated rings. The smallest absolute Gasteiger partial charge is 0.408 e. The van der Waals surface area contributed by atoms with Crippen LogP contribution < -0.4 is 10.6 Å². The van der Waals surface area contributed by atoms with Crippen LogP contribution in [-0.2, 0) is 14.3 Å². The van der Waals surface area contributed by atoms with Crippen molar-refractivity contribution in [2.24, 2.45) is 5.92 Å². The summed E-state index contributed by atoms with van der Waals surface area (Å²) in [7, 11) is 0. The molecule has 3 amide bonds. The highest BCUT2D eigenvalue weighted by atomic mass is 16.6. The minimum absolute atomic E-state index is 0.0227. The van der Waals surface area contributed by atoms with E-state index in [1.807, 2.05) is 20.8 Å². The Kier molecular flexibility index (Phi) is 15.7. The van der Waals surface area contributed by atoms with Crippen LogP contribution in [0.2, 0.25) is 0 Å². The maximum atomic E-state index is 14.3. The second-order valence-electron chi connectivity index (χ2n) is 12.3. The van der Waals surface area contributed by atoms with Gasteiger partial charge in [0.15, 0.2) is 0 Å². The van der Waals surface area contributed by atoms with E-state index in [0.717, 1.165) is 44.9 Å². The summed E-state index contributed by atoms with van der Waals surface area (Å²) in [6.45, 7) is 15.8. The zero-order valence-corrected chi connectivity index (χ0v) is 26.2. The van der Waals surface area contributed by atoms with Crippen molar-refractivity contribution in [2.45, 2.75) is 137 Å². The molecule has 0 bridgehead atoms. The maximum absolute atomic E-state index is 14.3. The lowest BCUT2D eigenvalue weighted by molar-refractivity contribution is -0.143. The average Bonchev–Trinajstić information content (AvgIpc) is 2.83. The second kappa shape index (κ2) is 17.8. The molecule has 1 rings (SSSR count). The van der Waals surface area contributed by atoms with Crippen molar-refractivity contribution in [3.63, 3.8) is 0 Å². The van der Waals surface area contributed by atoms with Crippen molar-refractivity contribution in [3.8, 4) is 5.75 Å². The standard InChI is InChI=1S/C32H55N3O5/c1-9-11-12-13-14-15-20-35(30(38)27(21-23(3)4)34-31(39)40-32(6,7)8)28(25-18-16-19-26(36)22-25)29(37)33-24(5)17-10-2/h16,18-19,22-24,27-28,36H,9-15,17,20-21H2,1-8H3,(H,33,37)(H,34,39). The number of ether oxygens (including phenoxy) is 1. The van der Waals surface area contributed by atoms with Crippen molar-refractivity contribution >= 4 is 17.9 Å². The number of carbonyl (C=O) groups is 3. The van der Waals surface area contributed by atoms with Gasteiger partial charge in [-0.25, -0.2) is 4.79 Å². The average molecular weight is 562 g/mol. The zero-order chi connectivity index (χ0) is 30.3. The van der Waals surface area contributed by atoms with E-state index < -0.39 is 23.8 Å². The topological polar surface area (TPSA) is 108 Å². The third-order valence-corrected chi connectivity index (χ3v) is 6.59. The number of alkyl carbamates (subject to hydrolysis) is 1. The summed E-state index contributed by atoms with van der Waals surface area (Å²) in [4.78, 5) is 42.4. The minimum Gasteiger partial charge on any atom is -0.508 e. The number of rotatable bonds is 17. The molecule has 0 heterocycles. The molecule has 0 saturated carbocycles. The van der Waals surface area contributed by atoms with E-state index in [9.17, 15) is 19.5 Å². The van der Waals surface area contributed by atoms with Crippen LogP contribution in [0, 0.1) is 5.92 Å². The third-order valence-electron chi connectivity index (χ3n) is 6.59. The van der Waals surface area contributed by atoms with Gasteiger partial charge in [0, 0.05) is 12.6 Å². The first kappa shape index (κ1) is 35.3. The summed E-state index contributed by atoms with van der Waals surface area (Å²) < 4.78 is 5.47. The summed E-state index contributed by atoms with van der Waals surface area (Å²) in [6.07, 6.45) is 7.60. The van der Waals surface area contributed by atoms with E-state index in [-0.39, 0.29) is 29.5 Å². The molecule has 0 aliphatic heterocycles. The number of benzene rings is 1. The van der Waals surface area contributed by atoms with Crippen molar-refractivity contribution in [1.29, 1.82) is 0 Å². The first-order valence-corrected chi connectivity index (χ1v) is 15.2. The molecule has 8 heteroatoms. The Morgan fingerprint density at radius 2 is 1.60 bits per heavy atom. The first-order chi connectivity index (χ1) is 18.8. The van der Waals surface area contributed by atoms with Gasteiger partial charge in [-0.15, -0.1) is 0 Å². The molecule has 3 unspecified atom stereocenters. The second-order valence-corrected chi connectivity index (χ2v) is 12.3. The Morgan fingerprint density at radius 1 is 0.950 bits per heavy atom. The molecule has 228 valence electrons. The normalized spacial score (nSPS) is 13.8. The maximum Gasteiger partial charge on any atom is 0.408 e. The van der Waals surface area contributed by atoms with Crippen LogP contribution in [0.25, 0.3) is 0 Å². The van der Waals surface area contributed by atoms with Gasteiger partial charge in [-0.2, -0.15) is 0 Å². The Bertz CT molecular complexity index is 912. The van der Waals surface area contributed by atoms with Gasteiger partial charge in [0.05, 0.1) is 0 Å². The number of nitrogens with zero attached hydrogens (tertiary/aromatic N) is 1. The number of carbonyl (C=O) groups excluding carboxylic acids is 3.